The number of carbonyl (C=O) groups is 5. The van der Waals surface area contributed by atoms with Crippen molar-refractivity contribution in [3.05, 3.63) is 0 Å². The van der Waals surface area contributed by atoms with Crippen molar-refractivity contribution in [3.8, 4) is 0 Å². The molecule has 0 aromatic rings. The van der Waals surface area contributed by atoms with E-state index in [1.165, 1.54) is 23.9 Å². The number of hydrogen-bond acceptors (Lipinski definition) is 5. The van der Waals surface area contributed by atoms with E-state index < -0.39 is 5.54 Å². The van der Waals surface area contributed by atoms with Gasteiger partial charge in [-0.3, -0.25) is 24.0 Å². The third kappa shape index (κ3) is 11.4. The predicted molar refractivity (Wildman–Crippen MR) is 118 cm³/mol. The first-order valence-electron chi connectivity index (χ1n) is 10.0. The molecule has 29 heavy (non-hydrogen) atoms. The Hall–Kier alpha value is -2.26. The molecule has 0 radical (unpaired) electrons. The van der Waals surface area contributed by atoms with E-state index in [0.29, 0.717) is 0 Å². The lowest BCUT2D eigenvalue weighted by atomic mass is 9.82. The molecule has 0 saturated heterocycles. The summed E-state index contributed by atoms with van der Waals surface area (Å²) in [4.78, 5) is 59.8. The monoisotopic (exact) mass is 406 g/mol. The highest BCUT2D eigenvalue weighted by molar-refractivity contribution is 6.15. The number of nitrogens with one attached hydrogen (secondary N) is 4. The summed E-state index contributed by atoms with van der Waals surface area (Å²) in [6.45, 7) is 3.56. The third-order valence-corrected chi connectivity index (χ3v) is 4.98. The Morgan fingerprint density at radius 1 is 0.655 bits per heavy atom. The van der Waals surface area contributed by atoms with E-state index in [-0.39, 0.29) is 86.7 Å². The van der Waals surface area contributed by atoms with Crippen LogP contribution in [0.3, 0.4) is 0 Å². The summed E-state index contributed by atoms with van der Waals surface area (Å²) < 4.78 is 0. The molecule has 0 aliphatic carbocycles. The molecule has 0 fully saturated rings. The molecule has 9 nitrogen and oxygen atoms in total. The first-order chi connectivity index (χ1) is 13.6. The number of ketones is 1. The summed E-state index contributed by atoms with van der Waals surface area (Å²) >= 11 is 0. The average molecular weight is 406 g/mol. The van der Waals surface area contributed by atoms with Gasteiger partial charge in [0.25, 0.3) is 0 Å². The molecule has 0 aliphatic heterocycles. The minimum absolute atomic E-state index is 0.00756. The van der Waals surface area contributed by atoms with Crippen LogP contribution in [-0.4, -0.2) is 58.9 Å². The fourth-order valence-electron chi connectivity index (χ4n) is 2.88. The second-order valence-electron chi connectivity index (χ2n) is 7.47. The second kappa shape index (κ2) is 13.8. The van der Waals surface area contributed by atoms with Crippen LogP contribution >= 0.6 is 0 Å². The van der Waals surface area contributed by atoms with Gasteiger partial charge in [0, 0.05) is 43.6 Å². The number of Topliss-reactive ketones (excluding diaryl/α,β-unsaturated/α-hetero) is 1. The molecule has 0 aliphatic rings. The van der Waals surface area contributed by atoms with Crippen molar-refractivity contribution in [2.45, 2.75) is 70.8 Å². The van der Waals surface area contributed by atoms with Gasteiger partial charge in [0.1, 0.15) is 5.78 Å². The average Bonchev–Trinajstić information content (AvgIpc) is 2.71. The van der Waals surface area contributed by atoms with E-state index in [1.54, 1.807) is 13.8 Å². The molecule has 0 rings (SSSR count). The van der Waals surface area contributed by atoms with E-state index in [2.05, 4.69) is 21.0 Å². The Balaban J connectivity index is 5.42. The molecule has 0 heterocycles. The van der Waals surface area contributed by atoms with E-state index >= 15 is 0 Å². The molecular weight excluding hydrogens is 373 g/mol. The van der Waals surface area contributed by atoms with E-state index in [0.717, 1.165) is 0 Å². The molecule has 0 atom stereocenters. The van der Waals surface area contributed by atoms with Crippen LogP contribution in [0.4, 0.5) is 0 Å². The maximum Gasteiger partial charge on any atom is 0.220 e. The molecule has 12 heteroatoms. The van der Waals surface area contributed by atoms with Crippen molar-refractivity contribution < 1.29 is 24.0 Å². The summed E-state index contributed by atoms with van der Waals surface area (Å²) in [6, 6.07) is 0. The SMILES string of the molecule is BNC(=O)CCC(CCC(=O)NB)(CCC(=O)NB)NC(=O)CCC(=O)C(C)C. The zero-order valence-corrected chi connectivity index (χ0v) is 18.3. The van der Waals surface area contributed by atoms with Crippen LogP contribution in [0, 0.1) is 5.92 Å². The molecule has 0 spiro atoms. The van der Waals surface area contributed by atoms with Crippen molar-refractivity contribution in [3.63, 3.8) is 0 Å². The lowest BCUT2D eigenvalue weighted by Gasteiger charge is -2.35. The van der Waals surface area contributed by atoms with Crippen molar-refractivity contribution in [2.24, 2.45) is 5.92 Å². The van der Waals surface area contributed by atoms with E-state index in [4.69, 9.17) is 0 Å². The van der Waals surface area contributed by atoms with Gasteiger partial charge in [-0.05, 0) is 19.3 Å². The largest absolute Gasteiger partial charge is 0.406 e. The van der Waals surface area contributed by atoms with Crippen LogP contribution in [0.25, 0.3) is 0 Å². The van der Waals surface area contributed by atoms with E-state index in [1.807, 2.05) is 0 Å². The number of carbonyl (C=O) groups excluding carboxylic acids is 5. The first-order valence-corrected chi connectivity index (χ1v) is 10.0. The van der Waals surface area contributed by atoms with E-state index in [9.17, 15) is 24.0 Å². The fraction of sp³-hybridized carbons (Fsp3) is 0.706. The van der Waals surface area contributed by atoms with Gasteiger partial charge in [-0.25, -0.2) is 0 Å². The number of rotatable bonds is 14. The maximum atomic E-state index is 12.6. The molecular formula is C17H33B3N4O5. The van der Waals surface area contributed by atoms with Crippen LogP contribution in [0.15, 0.2) is 0 Å². The zero-order chi connectivity index (χ0) is 22.4. The number of amides is 4. The van der Waals surface area contributed by atoms with Gasteiger partial charge in [0.2, 0.25) is 47.6 Å². The Kier molecular flexibility index (Phi) is 12.8. The van der Waals surface area contributed by atoms with Gasteiger partial charge in [0.15, 0.2) is 0 Å². The van der Waals surface area contributed by atoms with Crippen LogP contribution in [0.5, 0.6) is 0 Å². The summed E-state index contributed by atoms with van der Waals surface area (Å²) in [5.74, 6) is -1.07. The summed E-state index contributed by atoms with van der Waals surface area (Å²) in [6.07, 6.45) is 1.42. The lowest BCUT2D eigenvalue weighted by molar-refractivity contribution is -0.129. The highest BCUT2D eigenvalue weighted by atomic mass is 16.2. The van der Waals surface area contributed by atoms with Gasteiger partial charge in [-0.2, -0.15) is 0 Å². The highest BCUT2D eigenvalue weighted by Gasteiger charge is 2.33. The quantitative estimate of drug-likeness (QED) is 0.231. The maximum absolute atomic E-state index is 12.6. The Morgan fingerprint density at radius 3 is 1.34 bits per heavy atom. The third-order valence-electron chi connectivity index (χ3n) is 4.98. The second-order valence-corrected chi connectivity index (χ2v) is 7.47. The highest BCUT2D eigenvalue weighted by Crippen LogP contribution is 2.26. The van der Waals surface area contributed by atoms with Crippen molar-refractivity contribution in [2.75, 3.05) is 0 Å². The summed E-state index contributed by atoms with van der Waals surface area (Å²) in [7, 11) is 4.57. The van der Waals surface area contributed by atoms with Gasteiger partial charge in [-0.1, -0.05) is 13.8 Å². The van der Waals surface area contributed by atoms with Gasteiger partial charge in [-0.15, -0.1) is 0 Å². The Bertz CT molecular complexity index is 551. The summed E-state index contributed by atoms with van der Waals surface area (Å²) in [5, 5.41) is 10.6. The van der Waals surface area contributed by atoms with Crippen LogP contribution in [0.1, 0.15) is 65.2 Å². The predicted octanol–water partition coefficient (Wildman–Crippen LogP) is -2.82. The van der Waals surface area contributed by atoms with Gasteiger partial charge in [0.05, 0.1) is 0 Å². The lowest BCUT2D eigenvalue weighted by Crippen LogP contribution is -2.50. The van der Waals surface area contributed by atoms with Crippen LogP contribution < -0.4 is 21.0 Å². The molecule has 0 bridgehead atoms. The minimum Gasteiger partial charge on any atom is -0.406 e. The molecule has 4 N–H and O–H groups in total. The van der Waals surface area contributed by atoms with Crippen LogP contribution in [0.2, 0.25) is 0 Å². The molecule has 0 aromatic heterocycles. The molecule has 4 amide bonds. The topological polar surface area (TPSA) is 133 Å². The molecule has 0 unspecified atom stereocenters. The Morgan fingerprint density at radius 2 is 1.03 bits per heavy atom. The van der Waals surface area contributed by atoms with Crippen molar-refractivity contribution in [1.29, 1.82) is 0 Å². The standard InChI is InChI=1S/C17H33B3N4O5/c1-11(2)12(25)3-4-13(26)21-17(8-5-14(27)22-18,9-6-15(28)23-19)10-7-16(29)24-20/h11H,3-10,18-20H2,1-2H3,(H,21,26)(H,22,27)(H,23,28)(H,24,29). The summed E-state index contributed by atoms with van der Waals surface area (Å²) in [5.41, 5.74) is -0.899. The molecule has 0 aromatic carbocycles. The Labute approximate surface area is 175 Å². The first kappa shape index (κ1) is 26.7. The molecule has 0 saturated carbocycles. The van der Waals surface area contributed by atoms with Gasteiger partial charge < -0.3 is 21.0 Å². The van der Waals surface area contributed by atoms with Gasteiger partial charge >= 0.3 is 0 Å². The smallest absolute Gasteiger partial charge is 0.220 e. The molecule has 160 valence electrons. The normalized spacial score (nSPS) is 10.9. The minimum atomic E-state index is -0.899. The number of hydrogen-bond donors (Lipinski definition) is 4. The van der Waals surface area contributed by atoms with Crippen LogP contribution in [-0.2, 0) is 24.0 Å². The fourth-order valence-corrected chi connectivity index (χ4v) is 2.88. The van der Waals surface area contributed by atoms with Crippen molar-refractivity contribution >= 4 is 53.4 Å². The zero-order valence-electron chi connectivity index (χ0n) is 18.3. The van der Waals surface area contributed by atoms with Crippen molar-refractivity contribution in [1.82, 2.24) is 21.0 Å².